The van der Waals surface area contributed by atoms with Gasteiger partial charge in [0.2, 0.25) is 5.95 Å². The number of nitrogens with zero attached hydrogens (tertiary/aromatic N) is 7. The highest BCUT2D eigenvalue weighted by molar-refractivity contribution is 5.82. The molecule has 8 nitrogen and oxygen atoms in total. The molecule has 4 rings (SSSR count). The molecule has 1 N–H and O–H groups in total. The van der Waals surface area contributed by atoms with Gasteiger partial charge in [-0.05, 0) is 6.07 Å². The number of fused-ring (bicyclic) bond motifs is 1. The summed E-state index contributed by atoms with van der Waals surface area (Å²) >= 11 is 0. The van der Waals surface area contributed by atoms with Crippen LogP contribution in [0.4, 0.5) is 24.9 Å². The van der Waals surface area contributed by atoms with Gasteiger partial charge in [0.25, 0.3) is 0 Å². The quantitative estimate of drug-likeness (QED) is 0.749. The molecule has 3 aromatic rings. The Bertz CT molecular complexity index is 885. The molecule has 0 aliphatic carbocycles. The molecule has 1 saturated heterocycles. The first kappa shape index (κ1) is 15.5. The number of piperazine rings is 1. The normalized spacial score (nSPS) is 15.8. The molecule has 0 bridgehead atoms. The van der Waals surface area contributed by atoms with Crippen LogP contribution in [0.2, 0.25) is 0 Å². The van der Waals surface area contributed by atoms with E-state index in [1.54, 1.807) is 11.2 Å². The first-order chi connectivity index (χ1) is 12.0. The third-order valence-electron chi connectivity index (χ3n) is 4.00. The predicted octanol–water partition coefficient (Wildman–Crippen LogP) is 1.49. The second-order valence-electron chi connectivity index (χ2n) is 5.51. The van der Waals surface area contributed by atoms with Crippen molar-refractivity contribution in [1.29, 1.82) is 0 Å². The van der Waals surface area contributed by atoms with E-state index in [1.807, 2.05) is 4.90 Å². The van der Waals surface area contributed by atoms with Gasteiger partial charge >= 0.3 is 6.18 Å². The molecule has 0 amide bonds. The molecule has 1 aliphatic heterocycles. The molecule has 4 heterocycles. The number of anilines is 2. The Hall–Kier alpha value is -2.98. The van der Waals surface area contributed by atoms with Gasteiger partial charge in [0.05, 0.1) is 6.33 Å². The third-order valence-corrected chi connectivity index (χ3v) is 4.00. The summed E-state index contributed by atoms with van der Waals surface area (Å²) in [5.74, 6) is 0.816. The lowest BCUT2D eigenvalue weighted by molar-refractivity contribution is -0.141. The first-order valence-corrected chi connectivity index (χ1v) is 7.56. The molecule has 0 saturated carbocycles. The number of nitrogens with one attached hydrogen (secondary N) is 1. The monoisotopic (exact) mass is 350 g/mol. The van der Waals surface area contributed by atoms with Gasteiger partial charge in [0.15, 0.2) is 11.5 Å². The number of hydrogen-bond acceptors (Lipinski definition) is 7. The van der Waals surface area contributed by atoms with Gasteiger partial charge < -0.3 is 14.8 Å². The molecule has 0 atom stereocenters. The minimum Gasteiger partial charge on any atom is -0.351 e. The van der Waals surface area contributed by atoms with Crippen LogP contribution in [0.3, 0.4) is 0 Å². The first-order valence-electron chi connectivity index (χ1n) is 7.56. The van der Waals surface area contributed by atoms with E-state index < -0.39 is 11.9 Å². The fourth-order valence-corrected chi connectivity index (χ4v) is 2.77. The number of rotatable bonds is 2. The van der Waals surface area contributed by atoms with Gasteiger partial charge in [0, 0.05) is 32.4 Å². The molecule has 0 unspecified atom stereocenters. The zero-order chi connectivity index (χ0) is 17.4. The zero-order valence-corrected chi connectivity index (χ0v) is 12.9. The number of hydrogen-bond donors (Lipinski definition) is 1. The predicted molar refractivity (Wildman–Crippen MR) is 83.1 cm³/mol. The maximum absolute atomic E-state index is 12.8. The molecule has 1 aliphatic rings. The fourth-order valence-electron chi connectivity index (χ4n) is 2.77. The average Bonchev–Trinajstić information content (AvgIpc) is 3.10. The van der Waals surface area contributed by atoms with E-state index >= 15 is 0 Å². The van der Waals surface area contributed by atoms with Crippen LogP contribution in [0.25, 0.3) is 11.2 Å². The van der Waals surface area contributed by atoms with E-state index in [0.29, 0.717) is 31.8 Å². The van der Waals surface area contributed by atoms with Crippen LogP contribution in [0.15, 0.2) is 24.9 Å². The molecule has 0 spiro atoms. The Morgan fingerprint density at radius 2 is 1.72 bits per heavy atom. The second kappa shape index (κ2) is 5.83. The molecule has 130 valence electrons. The largest absolute Gasteiger partial charge is 0.433 e. The lowest BCUT2D eigenvalue weighted by atomic mass is 10.3. The summed E-state index contributed by atoms with van der Waals surface area (Å²) in [6.45, 7) is 2.12. The Morgan fingerprint density at radius 3 is 2.48 bits per heavy atom. The van der Waals surface area contributed by atoms with Crippen LogP contribution in [0, 0.1) is 0 Å². The average molecular weight is 350 g/mol. The van der Waals surface area contributed by atoms with Crippen LogP contribution in [-0.2, 0) is 6.18 Å². The summed E-state index contributed by atoms with van der Waals surface area (Å²) in [6.07, 6.45) is -0.348. The summed E-state index contributed by atoms with van der Waals surface area (Å²) in [5, 5.41) is 0. The number of aromatic amines is 1. The second-order valence-corrected chi connectivity index (χ2v) is 5.51. The van der Waals surface area contributed by atoms with Crippen molar-refractivity contribution < 1.29 is 13.2 Å². The Kier molecular flexibility index (Phi) is 3.62. The molecule has 11 heteroatoms. The van der Waals surface area contributed by atoms with Crippen LogP contribution in [0.5, 0.6) is 0 Å². The summed E-state index contributed by atoms with van der Waals surface area (Å²) in [7, 11) is 0. The van der Waals surface area contributed by atoms with E-state index in [9.17, 15) is 13.2 Å². The number of alkyl halides is 3. The van der Waals surface area contributed by atoms with Crippen LogP contribution < -0.4 is 9.80 Å². The summed E-state index contributed by atoms with van der Waals surface area (Å²) in [4.78, 5) is 26.9. The molecule has 0 radical (unpaired) electrons. The van der Waals surface area contributed by atoms with E-state index in [1.165, 1.54) is 6.33 Å². The summed E-state index contributed by atoms with van der Waals surface area (Å²) < 4.78 is 38.4. The van der Waals surface area contributed by atoms with Gasteiger partial charge in [-0.2, -0.15) is 13.2 Å². The van der Waals surface area contributed by atoms with Gasteiger partial charge in [-0.25, -0.2) is 24.9 Å². The third kappa shape index (κ3) is 2.92. The molecule has 3 aromatic heterocycles. The van der Waals surface area contributed by atoms with Crippen molar-refractivity contribution in [3.63, 3.8) is 0 Å². The van der Waals surface area contributed by atoms with Crippen LogP contribution >= 0.6 is 0 Å². The Balaban J connectivity index is 1.51. The van der Waals surface area contributed by atoms with E-state index in [0.717, 1.165) is 23.6 Å². The lowest BCUT2D eigenvalue weighted by Crippen LogP contribution is -2.47. The lowest BCUT2D eigenvalue weighted by Gasteiger charge is -2.35. The standard InChI is InChI=1S/C14H13F3N8/c15-14(16,17)9-1-2-18-13(23-9)25-5-3-24(4-6-25)12-10-11(20-7-19-10)21-8-22-12/h1-2,7-8H,3-6H2,(H,19,20,21,22). The minimum atomic E-state index is -4.48. The van der Waals surface area contributed by atoms with Crippen molar-refractivity contribution in [2.45, 2.75) is 6.18 Å². The van der Waals surface area contributed by atoms with Crippen molar-refractivity contribution in [2.24, 2.45) is 0 Å². The van der Waals surface area contributed by atoms with E-state index in [-0.39, 0.29) is 5.95 Å². The Morgan fingerprint density at radius 1 is 0.960 bits per heavy atom. The van der Waals surface area contributed by atoms with Crippen molar-refractivity contribution in [1.82, 2.24) is 29.9 Å². The zero-order valence-electron chi connectivity index (χ0n) is 12.9. The Labute approximate surface area is 139 Å². The van der Waals surface area contributed by atoms with Gasteiger partial charge in [-0.15, -0.1) is 0 Å². The summed E-state index contributed by atoms with van der Waals surface area (Å²) in [5.41, 5.74) is 0.384. The fraction of sp³-hybridized carbons (Fsp3) is 0.357. The molecular formula is C14H13F3N8. The number of halogens is 3. The molecular weight excluding hydrogens is 337 g/mol. The molecule has 25 heavy (non-hydrogen) atoms. The van der Waals surface area contributed by atoms with E-state index in [4.69, 9.17) is 0 Å². The minimum absolute atomic E-state index is 0.0869. The topological polar surface area (TPSA) is 86.7 Å². The van der Waals surface area contributed by atoms with Gasteiger partial charge in [0.1, 0.15) is 17.5 Å². The maximum Gasteiger partial charge on any atom is 0.433 e. The van der Waals surface area contributed by atoms with Crippen molar-refractivity contribution in [3.8, 4) is 0 Å². The van der Waals surface area contributed by atoms with Crippen LogP contribution in [-0.4, -0.2) is 56.1 Å². The van der Waals surface area contributed by atoms with Crippen molar-refractivity contribution >= 4 is 22.9 Å². The highest BCUT2D eigenvalue weighted by Gasteiger charge is 2.33. The highest BCUT2D eigenvalue weighted by atomic mass is 19.4. The number of aromatic nitrogens is 6. The van der Waals surface area contributed by atoms with Gasteiger partial charge in [-0.1, -0.05) is 0 Å². The molecule has 0 aromatic carbocycles. The van der Waals surface area contributed by atoms with Crippen LogP contribution in [0.1, 0.15) is 5.69 Å². The maximum atomic E-state index is 12.8. The number of H-pyrrole nitrogens is 1. The SMILES string of the molecule is FC(F)(F)c1ccnc(N2CCN(c3ncnc4nc[nH]c34)CC2)n1. The van der Waals surface area contributed by atoms with Crippen molar-refractivity contribution in [3.05, 3.63) is 30.6 Å². The van der Waals surface area contributed by atoms with E-state index in [2.05, 4.69) is 29.9 Å². The highest BCUT2D eigenvalue weighted by Crippen LogP contribution is 2.28. The summed E-state index contributed by atoms with van der Waals surface area (Å²) in [6, 6.07) is 0.871. The smallest absolute Gasteiger partial charge is 0.351 e. The van der Waals surface area contributed by atoms with Gasteiger partial charge in [-0.3, -0.25) is 0 Å². The molecule has 1 fully saturated rings. The number of imidazole rings is 1. The van der Waals surface area contributed by atoms with Crippen molar-refractivity contribution in [2.75, 3.05) is 36.0 Å².